The molecule has 0 atom stereocenters. The van der Waals surface area contributed by atoms with Crippen LogP contribution in [0.5, 0.6) is 0 Å². The van der Waals surface area contributed by atoms with Crippen molar-refractivity contribution in [3.8, 4) is 0 Å². The molecule has 1 saturated heterocycles. The van der Waals surface area contributed by atoms with Crippen LogP contribution in [0.25, 0.3) is 0 Å². The zero-order valence-corrected chi connectivity index (χ0v) is 10.4. The Morgan fingerprint density at radius 2 is 2.13 bits per heavy atom. The highest BCUT2D eigenvalue weighted by Gasteiger charge is 2.19. The second kappa shape index (κ2) is 4.35. The molecular formula is C10H15BrN4. The number of aromatic nitrogens is 2. The molecule has 1 aliphatic rings. The van der Waals surface area contributed by atoms with Crippen LogP contribution in [-0.4, -0.2) is 23.1 Å². The van der Waals surface area contributed by atoms with E-state index in [4.69, 9.17) is 5.73 Å². The van der Waals surface area contributed by atoms with Gasteiger partial charge in [-0.2, -0.15) is 4.98 Å². The SMILES string of the molecule is CC1CCN(c2nc(N)ncc2Br)CC1. The number of hydrogen-bond donors (Lipinski definition) is 1. The first-order valence-electron chi connectivity index (χ1n) is 5.20. The number of nitrogens with zero attached hydrogens (tertiary/aromatic N) is 3. The molecule has 0 radical (unpaired) electrons. The van der Waals surface area contributed by atoms with Gasteiger partial charge in [-0.3, -0.25) is 0 Å². The molecule has 1 aromatic heterocycles. The number of nitrogen functional groups attached to an aromatic ring is 1. The van der Waals surface area contributed by atoms with Gasteiger partial charge in [-0.25, -0.2) is 4.98 Å². The number of anilines is 2. The van der Waals surface area contributed by atoms with Gasteiger partial charge in [0.05, 0.1) is 4.47 Å². The molecule has 0 saturated carbocycles. The van der Waals surface area contributed by atoms with Gasteiger partial charge in [0.2, 0.25) is 5.95 Å². The predicted octanol–water partition coefficient (Wildman–Crippen LogP) is 2.06. The zero-order valence-electron chi connectivity index (χ0n) is 8.78. The lowest BCUT2D eigenvalue weighted by atomic mass is 9.99. The summed E-state index contributed by atoms with van der Waals surface area (Å²) in [6.07, 6.45) is 4.16. The van der Waals surface area contributed by atoms with Gasteiger partial charge in [0.1, 0.15) is 5.82 Å². The van der Waals surface area contributed by atoms with E-state index in [9.17, 15) is 0 Å². The second-order valence-electron chi connectivity index (χ2n) is 4.07. The quantitative estimate of drug-likeness (QED) is 0.849. The molecule has 5 heteroatoms. The van der Waals surface area contributed by atoms with Crippen LogP contribution in [-0.2, 0) is 0 Å². The molecule has 1 fully saturated rings. The van der Waals surface area contributed by atoms with Crippen molar-refractivity contribution in [1.82, 2.24) is 9.97 Å². The van der Waals surface area contributed by atoms with Crippen molar-refractivity contribution in [2.45, 2.75) is 19.8 Å². The van der Waals surface area contributed by atoms with Crippen molar-refractivity contribution in [3.05, 3.63) is 10.7 Å². The number of hydrogen-bond acceptors (Lipinski definition) is 4. The number of halogens is 1. The first-order valence-corrected chi connectivity index (χ1v) is 5.99. The van der Waals surface area contributed by atoms with Crippen molar-refractivity contribution in [1.29, 1.82) is 0 Å². The Morgan fingerprint density at radius 3 is 2.80 bits per heavy atom. The average Bonchev–Trinajstić information content (AvgIpc) is 2.23. The molecule has 0 aromatic carbocycles. The third-order valence-corrected chi connectivity index (χ3v) is 3.39. The van der Waals surface area contributed by atoms with E-state index in [1.165, 1.54) is 12.8 Å². The Hall–Kier alpha value is -0.840. The van der Waals surface area contributed by atoms with Crippen molar-refractivity contribution < 1.29 is 0 Å². The number of nitrogens with two attached hydrogens (primary N) is 1. The van der Waals surface area contributed by atoms with Gasteiger partial charge in [0.15, 0.2) is 0 Å². The fraction of sp³-hybridized carbons (Fsp3) is 0.600. The zero-order chi connectivity index (χ0) is 10.8. The lowest BCUT2D eigenvalue weighted by molar-refractivity contribution is 0.436. The largest absolute Gasteiger partial charge is 0.368 e. The van der Waals surface area contributed by atoms with Gasteiger partial charge in [0.25, 0.3) is 0 Å². The topological polar surface area (TPSA) is 55.0 Å². The summed E-state index contributed by atoms with van der Waals surface area (Å²) in [6, 6.07) is 0. The minimum atomic E-state index is 0.340. The van der Waals surface area contributed by atoms with Crippen LogP contribution in [0.15, 0.2) is 10.7 Å². The van der Waals surface area contributed by atoms with Gasteiger partial charge in [0, 0.05) is 19.3 Å². The molecule has 2 heterocycles. The average molecular weight is 271 g/mol. The Balaban J connectivity index is 2.18. The van der Waals surface area contributed by atoms with Crippen LogP contribution in [0, 0.1) is 5.92 Å². The summed E-state index contributed by atoms with van der Waals surface area (Å²) in [5.74, 6) is 2.08. The standard InChI is InChI=1S/C10H15BrN4/c1-7-2-4-15(5-3-7)9-8(11)6-13-10(12)14-9/h6-7H,2-5H2,1H3,(H2,12,13,14). The van der Waals surface area contributed by atoms with Crippen LogP contribution < -0.4 is 10.6 Å². The van der Waals surface area contributed by atoms with Gasteiger partial charge in [-0.15, -0.1) is 0 Å². The first-order chi connectivity index (χ1) is 7.16. The molecule has 2 N–H and O–H groups in total. The maximum absolute atomic E-state index is 5.59. The highest BCUT2D eigenvalue weighted by atomic mass is 79.9. The summed E-state index contributed by atoms with van der Waals surface area (Å²) in [4.78, 5) is 10.5. The molecule has 0 bridgehead atoms. The van der Waals surface area contributed by atoms with Gasteiger partial charge >= 0.3 is 0 Å². The van der Waals surface area contributed by atoms with Crippen LogP contribution in [0.1, 0.15) is 19.8 Å². The molecule has 0 spiro atoms. The lowest BCUT2D eigenvalue weighted by Crippen LogP contribution is -2.33. The fourth-order valence-corrected chi connectivity index (χ4v) is 2.26. The van der Waals surface area contributed by atoms with Crippen LogP contribution in [0.3, 0.4) is 0 Å². The van der Waals surface area contributed by atoms with Crippen LogP contribution in [0.4, 0.5) is 11.8 Å². The molecule has 0 unspecified atom stereocenters. The highest BCUT2D eigenvalue weighted by Crippen LogP contribution is 2.27. The Labute approximate surface area is 98.0 Å². The van der Waals surface area contributed by atoms with Crippen molar-refractivity contribution in [2.24, 2.45) is 5.92 Å². The third-order valence-electron chi connectivity index (χ3n) is 2.83. The summed E-state index contributed by atoms with van der Waals surface area (Å²) in [5, 5.41) is 0. The third kappa shape index (κ3) is 2.40. The minimum absolute atomic E-state index is 0.340. The van der Waals surface area contributed by atoms with E-state index in [0.29, 0.717) is 5.95 Å². The molecule has 0 amide bonds. The Kier molecular flexibility index (Phi) is 3.09. The monoisotopic (exact) mass is 270 g/mol. The van der Waals surface area contributed by atoms with E-state index in [2.05, 4.69) is 37.7 Å². The van der Waals surface area contributed by atoms with E-state index in [1.54, 1.807) is 6.20 Å². The summed E-state index contributed by atoms with van der Waals surface area (Å²) >= 11 is 3.46. The van der Waals surface area contributed by atoms with Gasteiger partial charge in [-0.1, -0.05) is 6.92 Å². The molecule has 2 rings (SSSR count). The normalized spacial score (nSPS) is 18.1. The van der Waals surface area contributed by atoms with Crippen LogP contribution >= 0.6 is 15.9 Å². The van der Waals surface area contributed by atoms with Gasteiger partial charge < -0.3 is 10.6 Å². The Morgan fingerprint density at radius 1 is 1.47 bits per heavy atom. The van der Waals surface area contributed by atoms with E-state index < -0.39 is 0 Å². The van der Waals surface area contributed by atoms with E-state index in [0.717, 1.165) is 29.3 Å². The van der Waals surface area contributed by atoms with E-state index in [-0.39, 0.29) is 0 Å². The summed E-state index contributed by atoms with van der Waals surface area (Å²) in [7, 11) is 0. The molecule has 15 heavy (non-hydrogen) atoms. The highest BCUT2D eigenvalue weighted by molar-refractivity contribution is 9.10. The van der Waals surface area contributed by atoms with Crippen molar-refractivity contribution >= 4 is 27.7 Å². The molecule has 1 aromatic rings. The number of rotatable bonds is 1. The molecule has 4 nitrogen and oxygen atoms in total. The molecule has 82 valence electrons. The summed E-state index contributed by atoms with van der Waals surface area (Å²) in [6.45, 7) is 4.40. The smallest absolute Gasteiger partial charge is 0.222 e. The predicted molar refractivity (Wildman–Crippen MR) is 64.8 cm³/mol. The van der Waals surface area contributed by atoms with E-state index in [1.807, 2.05) is 0 Å². The maximum atomic E-state index is 5.59. The molecule has 0 aliphatic carbocycles. The Bertz CT molecular complexity index is 347. The second-order valence-corrected chi connectivity index (χ2v) is 4.92. The molecule has 1 aliphatic heterocycles. The lowest BCUT2D eigenvalue weighted by Gasteiger charge is -2.31. The van der Waals surface area contributed by atoms with Crippen molar-refractivity contribution in [2.75, 3.05) is 23.7 Å². The summed E-state index contributed by atoms with van der Waals surface area (Å²) < 4.78 is 0.922. The van der Waals surface area contributed by atoms with Gasteiger partial charge in [-0.05, 0) is 34.7 Å². The number of piperidine rings is 1. The van der Waals surface area contributed by atoms with Crippen molar-refractivity contribution in [3.63, 3.8) is 0 Å². The minimum Gasteiger partial charge on any atom is -0.368 e. The summed E-state index contributed by atoms with van der Waals surface area (Å²) in [5.41, 5.74) is 5.59. The fourth-order valence-electron chi connectivity index (χ4n) is 1.81. The maximum Gasteiger partial charge on any atom is 0.222 e. The van der Waals surface area contributed by atoms with E-state index >= 15 is 0 Å². The van der Waals surface area contributed by atoms with Crippen LogP contribution in [0.2, 0.25) is 0 Å². The molecular weight excluding hydrogens is 256 g/mol. The first kappa shape index (κ1) is 10.7.